The Hall–Kier alpha value is -2.73. The number of rotatable bonds is 3. The molecule has 0 radical (unpaired) electrons. The van der Waals surface area contributed by atoms with Gasteiger partial charge >= 0.3 is 0 Å². The summed E-state index contributed by atoms with van der Waals surface area (Å²) in [7, 11) is 0. The Morgan fingerprint density at radius 3 is 2.68 bits per heavy atom. The summed E-state index contributed by atoms with van der Waals surface area (Å²) in [6.45, 7) is 4.67. The van der Waals surface area contributed by atoms with E-state index in [0.29, 0.717) is 5.92 Å². The zero-order chi connectivity index (χ0) is 19.1. The number of carbonyl (C=O) groups excluding carboxylic acids is 1. The summed E-state index contributed by atoms with van der Waals surface area (Å²) in [5, 5.41) is 8.72. The number of hydrogen-bond donors (Lipinski definition) is 0. The van der Waals surface area contributed by atoms with E-state index < -0.39 is 0 Å². The topological polar surface area (TPSA) is 53.7 Å². The molecule has 28 heavy (non-hydrogen) atoms. The van der Waals surface area contributed by atoms with Crippen molar-refractivity contribution in [1.82, 2.24) is 19.5 Å². The molecule has 1 fully saturated rings. The smallest absolute Gasteiger partial charge is 0.244 e. The van der Waals surface area contributed by atoms with Crippen molar-refractivity contribution < 1.29 is 4.79 Å². The number of likely N-dealkylation sites (tertiary alicyclic amines) is 1. The summed E-state index contributed by atoms with van der Waals surface area (Å²) in [4.78, 5) is 17.4. The molecule has 6 heteroatoms. The Morgan fingerprint density at radius 1 is 1.04 bits per heavy atom. The van der Waals surface area contributed by atoms with E-state index in [1.807, 2.05) is 35.4 Å². The maximum absolute atomic E-state index is 13.2. The summed E-state index contributed by atoms with van der Waals surface area (Å²) < 4.78 is 2.09. The van der Waals surface area contributed by atoms with Gasteiger partial charge in [-0.3, -0.25) is 14.1 Å². The van der Waals surface area contributed by atoms with Crippen LogP contribution in [0.1, 0.15) is 37.1 Å². The van der Waals surface area contributed by atoms with Crippen molar-refractivity contribution in [2.75, 3.05) is 24.5 Å². The fraction of sp³-hybridized carbons (Fsp3) is 0.409. The first kappa shape index (κ1) is 17.4. The van der Waals surface area contributed by atoms with E-state index in [2.05, 4.69) is 44.6 Å². The molecule has 4 heterocycles. The van der Waals surface area contributed by atoms with E-state index in [4.69, 9.17) is 0 Å². The molecule has 1 aromatic carbocycles. The molecular formula is C22H25N5O. The van der Waals surface area contributed by atoms with E-state index in [1.54, 1.807) is 0 Å². The second-order valence-electron chi connectivity index (χ2n) is 7.84. The Bertz CT molecular complexity index is 1000. The zero-order valence-electron chi connectivity index (χ0n) is 16.2. The van der Waals surface area contributed by atoms with E-state index >= 15 is 0 Å². The minimum Gasteiger partial charge on any atom is -0.310 e. The van der Waals surface area contributed by atoms with Gasteiger partial charge in [0.25, 0.3) is 0 Å². The van der Waals surface area contributed by atoms with Gasteiger partial charge in [0.05, 0.1) is 6.04 Å². The Balaban J connectivity index is 1.26. The third kappa shape index (κ3) is 2.88. The van der Waals surface area contributed by atoms with Crippen LogP contribution in [0.2, 0.25) is 0 Å². The standard InChI is InChI=1S/C22H25N5O/c1-16(22(28)26-15-11-17-6-2-3-7-19(17)26)25-13-9-18(10-14-25)21-24-23-20-8-4-5-12-27(20)21/h2-8,12,16,18H,9-11,13-15H2,1H3. The molecule has 2 aliphatic heterocycles. The van der Waals surface area contributed by atoms with E-state index in [-0.39, 0.29) is 11.9 Å². The highest BCUT2D eigenvalue weighted by Gasteiger charge is 2.33. The molecule has 0 aliphatic carbocycles. The van der Waals surface area contributed by atoms with Gasteiger partial charge in [0.15, 0.2) is 5.65 Å². The molecule has 2 aromatic heterocycles. The number of piperidine rings is 1. The minimum atomic E-state index is -0.0951. The molecule has 6 nitrogen and oxygen atoms in total. The lowest BCUT2D eigenvalue weighted by molar-refractivity contribution is -0.123. The van der Waals surface area contributed by atoms with Gasteiger partial charge in [-0.15, -0.1) is 10.2 Å². The molecule has 0 N–H and O–H groups in total. The quantitative estimate of drug-likeness (QED) is 0.706. The molecule has 5 rings (SSSR count). The largest absolute Gasteiger partial charge is 0.310 e. The molecular weight excluding hydrogens is 350 g/mol. The fourth-order valence-corrected chi connectivity index (χ4v) is 4.63. The fourth-order valence-electron chi connectivity index (χ4n) is 4.63. The highest BCUT2D eigenvalue weighted by Crippen LogP contribution is 2.31. The highest BCUT2D eigenvalue weighted by atomic mass is 16.2. The zero-order valence-corrected chi connectivity index (χ0v) is 16.2. The molecule has 1 saturated heterocycles. The molecule has 0 saturated carbocycles. The first-order chi connectivity index (χ1) is 13.7. The number of para-hydroxylation sites is 1. The summed E-state index contributed by atoms with van der Waals surface area (Å²) in [5.74, 6) is 1.66. The second-order valence-corrected chi connectivity index (χ2v) is 7.84. The van der Waals surface area contributed by atoms with Crippen LogP contribution in [-0.4, -0.2) is 51.1 Å². The van der Waals surface area contributed by atoms with E-state index in [1.165, 1.54) is 5.56 Å². The third-order valence-electron chi connectivity index (χ3n) is 6.29. The van der Waals surface area contributed by atoms with Crippen molar-refractivity contribution in [1.29, 1.82) is 0 Å². The SMILES string of the molecule is CC(C(=O)N1CCc2ccccc21)N1CCC(c2nnc3ccccn23)CC1. The number of hydrogen-bond acceptors (Lipinski definition) is 4. The van der Waals surface area contributed by atoms with E-state index in [0.717, 1.165) is 56.1 Å². The molecule has 1 unspecified atom stereocenters. The predicted molar refractivity (Wildman–Crippen MR) is 108 cm³/mol. The number of pyridine rings is 1. The van der Waals surface area contributed by atoms with Crippen LogP contribution in [0.25, 0.3) is 5.65 Å². The molecule has 1 amide bonds. The molecule has 3 aromatic rings. The third-order valence-corrected chi connectivity index (χ3v) is 6.29. The van der Waals surface area contributed by atoms with Crippen LogP contribution in [0.15, 0.2) is 48.7 Å². The van der Waals surface area contributed by atoms with Crippen molar-refractivity contribution in [2.24, 2.45) is 0 Å². The average Bonchev–Trinajstić information content (AvgIpc) is 3.37. The van der Waals surface area contributed by atoms with Crippen LogP contribution in [0, 0.1) is 0 Å². The predicted octanol–water partition coefficient (Wildman–Crippen LogP) is 2.89. The maximum atomic E-state index is 13.2. The van der Waals surface area contributed by atoms with Crippen LogP contribution < -0.4 is 4.90 Å². The number of fused-ring (bicyclic) bond motifs is 2. The normalized spacial score (nSPS) is 19.1. The molecule has 144 valence electrons. The minimum absolute atomic E-state index is 0.0951. The number of carbonyl (C=O) groups is 1. The average molecular weight is 375 g/mol. The van der Waals surface area contributed by atoms with Gasteiger partial charge in [0.2, 0.25) is 5.91 Å². The summed E-state index contributed by atoms with van der Waals surface area (Å²) in [5.41, 5.74) is 3.26. The Morgan fingerprint density at radius 2 is 1.82 bits per heavy atom. The summed E-state index contributed by atoms with van der Waals surface area (Å²) in [6, 6.07) is 14.2. The van der Waals surface area contributed by atoms with Crippen LogP contribution in [0.4, 0.5) is 5.69 Å². The maximum Gasteiger partial charge on any atom is 0.244 e. The Kier molecular flexibility index (Phi) is 4.36. The highest BCUT2D eigenvalue weighted by molar-refractivity contribution is 5.98. The van der Waals surface area contributed by atoms with Gasteiger partial charge in [-0.05, 0) is 63.0 Å². The van der Waals surface area contributed by atoms with Crippen LogP contribution in [-0.2, 0) is 11.2 Å². The van der Waals surface area contributed by atoms with Crippen molar-refractivity contribution in [3.63, 3.8) is 0 Å². The van der Waals surface area contributed by atoms with Gasteiger partial charge in [-0.25, -0.2) is 0 Å². The molecule has 1 atom stereocenters. The van der Waals surface area contributed by atoms with Crippen LogP contribution in [0.5, 0.6) is 0 Å². The van der Waals surface area contributed by atoms with Crippen molar-refractivity contribution >= 4 is 17.2 Å². The van der Waals surface area contributed by atoms with Crippen LogP contribution >= 0.6 is 0 Å². The monoisotopic (exact) mass is 375 g/mol. The van der Waals surface area contributed by atoms with Crippen molar-refractivity contribution in [2.45, 2.75) is 38.1 Å². The summed E-state index contributed by atoms with van der Waals surface area (Å²) in [6.07, 6.45) is 5.00. The second kappa shape index (κ2) is 7.02. The number of aromatic nitrogens is 3. The van der Waals surface area contributed by atoms with Gasteiger partial charge in [0.1, 0.15) is 5.82 Å². The number of anilines is 1. The van der Waals surface area contributed by atoms with Gasteiger partial charge in [-0.2, -0.15) is 0 Å². The summed E-state index contributed by atoms with van der Waals surface area (Å²) >= 11 is 0. The van der Waals surface area contributed by atoms with E-state index in [9.17, 15) is 4.79 Å². The van der Waals surface area contributed by atoms with Gasteiger partial charge in [0, 0.05) is 24.3 Å². The lowest BCUT2D eigenvalue weighted by atomic mass is 9.95. The van der Waals surface area contributed by atoms with Crippen molar-refractivity contribution in [3.05, 3.63) is 60.0 Å². The first-order valence-electron chi connectivity index (χ1n) is 10.2. The lowest BCUT2D eigenvalue weighted by Crippen LogP contribution is -2.49. The molecule has 0 spiro atoms. The van der Waals surface area contributed by atoms with Gasteiger partial charge in [-0.1, -0.05) is 24.3 Å². The molecule has 2 aliphatic rings. The Labute approximate surface area is 164 Å². The number of nitrogens with zero attached hydrogens (tertiary/aromatic N) is 5. The van der Waals surface area contributed by atoms with Crippen LogP contribution in [0.3, 0.4) is 0 Å². The van der Waals surface area contributed by atoms with Gasteiger partial charge < -0.3 is 4.90 Å². The number of benzene rings is 1. The van der Waals surface area contributed by atoms with Crippen molar-refractivity contribution in [3.8, 4) is 0 Å². The molecule has 0 bridgehead atoms. The first-order valence-corrected chi connectivity index (χ1v) is 10.2. The lowest BCUT2D eigenvalue weighted by Gasteiger charge is -2.36. The number of amides is 1.